The first-order chi connectivity index (χ1) is 20.1. The smallest absolute Gasteiger partial charge is 0.339 e. The summed E-state index contributed by atoms with van der Waals surface area (Å²) in [7, 11) is 5.52. The minimum absolute atomic E-state index is 0.0689. The lowest BCUT2D eigenvalue weighted by Crippen LogP contribution is -2.25. The third-order valence-corrected chi connectivity index (χ3v) is 7.58. The average molecular weight is 583 g/mol. The molecule has 3 heterocycles. The summed E-state index contributed by atoms with van der Waals surface area (Å²) in [5, 5.41) is 2.67. The summed E-state index contributed by atoms with van der Waals surface area (Å²) in [6, 6.07) is 13.8. The number of thiazole rings is 1. The number of amides is 1. The van der Waals surface area contributed by atoms with E-state index >= 15 is 0 Å². The van der Waals surface area contributed by atoms with Gasteiger partial charge in [-0.2, -0.15) is 0 Å². The first-order valence-corrected chi connectivity index (χ1v) is 14.0. The highest BCUT2D eigenvalue weighted by Gasteiger charge is 2.21. The monoisotopic (exact) mass is 582 g/mol. The van der Waals surface area contributed by atoms with E-state index in [1.165, 1.54) is 37.8 Å². The predicted molar refractivity (Wildman–Crippen MR) is 165 cm³/mol. The lowest BCUT2D eigenvalue weighted by Gasteiger charge is -2.16. The second-order valence-corrected chi connectivity index (χ2v) is 10.9. The van der Waals surface area contributed by atoms with E-state index in [0.717, 1.165) is 10.7 Å². The molecule has 11 nitrogen and oxygen atoms in total. The number of hydrogen-bond donors (Lipinski definition) is 1. The molecule has 2 N–H and O–H groups in total. The number of carbonyl (C=O) groups excluding carboxylic acids is 2. The Labute approximate surface area is 246 Å². The van der Waals surface area contributed by atoms with E-state index in [-0.39, 0.29) is 23.9 Å². The fourth-order valence-corrected chi connectivity index (χ4v) is 5.25. The molecule has 0 fully saturated rings. The van der Waals surface area contributed by atoms with Crippen LogP contribution in [-0.4, -0.2) is 68.4 Å². The van der Waals surface area contributed by atoms with Crippen LogP contribution in [-0.2, 0) is 11.2 Å². The number of benzene rings is 2. The van der Waals surface area contributed by atoms with Crippen LogP contribution in [0.3, 0.4) is 0 Å². The highest BCUT2D eigenvalue weighted by molar-refractivity contribution is 7.09. The third kappa shape index (κ3) is 5.76. The summed E-state index contributed by atoms with van der Waals surface area (Å²) < 4.78 is 2.86. The Kier molecular flexibility index (Phi) is 8.09. The third-order valence-electron chi connectivity index (χ3n) is 6.61. The van der Waals surface area contributed by atoms with E-state index in [1.54, 1.807) is 61.7 Å². The second kappa shape index (κ2) is 11.9. The number of carbonyl (C=O) groups is 2. The molecule has 0 aliphatic rings. The minimum atomic E-state index is -0.424. The van der Waals surface area contributed by atoms with Gasteiger partial charge < -0.3 is 15.5 Å². The first-order valence-electron chi connectivity index (χ1n) is 13.1. The van der Waals surface area contributed by atoms with Gasteiger partial charge in [0.2, 0.25) is 5.91 Å². The molecule has 5 aromatic rings. The molecule has 0 aliphatic heterocycles. The van der Waals surface area contributed by atoms with Crippen LogP contribution in [0.5, 0.6) is 0 Å². The number of fused-ring (bicyclic) bond motifs is 1. The molecule has 214 valence electrons. The number of hydrogen-bond acceptors (Lipinski definition) is 9. The average Bonchev–Trinajstić information content (AvgIpc) is 3.52. The number of rotatable bonds is 9. The summed E-state index contributed by atoms with van der Waals surface area (Å²) >= 11 is 1.45. The number of ketones is 1. The highest BCUT2D eigenvalue weighted by atomic mass is 32.1. The molecular weight excluding hydrogens is 552 g/mol. The Morgan fingerprint density at radius 1 is 1.02 bits per heavy atom. The Morgan fingerprint density at radius 2 is 1.79 bits per heavy atom. The largest absolute Gasteiger partial charge is 0.382 e. The molecule has 3 aromatic heterocycles. The fourth-order valence-electron chi connectivity index (χ4n) is 4.48. The number of nitrogens with two attached hydrogens (primary N) is 1. The van der Waals surface area contributed by atoms with Gasteiger partial charge in [0.05, 0.1) is 17.8 Å². The van der Waals surface area contributed by atoms with Crippen molar-refractivity contribution in [2.45, 2.75) is 13.3 Å². The summed E-state index contributed by atoms with van der Waals surface area (Å²) in [6.07, 6.45) is 4.82. The van der Waals surface area contributed by atoms with Gasteiger partial charge in [0.25, 0.3) is 0 Å². The number of likely N-dealkylation sites (N-methyl/N-ethyl adjacent to an activating group) is 2. The molecule has 0 saturated heterocycles. The maximum Gasteiger partial charge on any atom is 0.339 e. The van der Waals surface area contributed by atoms with Crippen molar-refractivity contribution in [3.8, 4) is 11.4 Å². The van der Waals surface area contributed by atoms with Gasteiger partial charge in [-0.25, -0.2) is 24.3 Å². The van der Waals surface area contributed by atoms with Crippen molar-refractivity contribution < 1.29 is 9.59 Å². The zero-order valence-electron chi connectivity index (χ0n) is 23.7. The van der Waals surface area contributed by atoms with Crippen LogP contribution in [0, 0.1) is 6.92 Å². The lowest BCUT2D eigenvalue weighted by atomic mass is 10.1. The molecule has 42 heavy (non-hydrogen) atoms. The fraction of sp³-hybridized carbons (Fsp3) is 0.200. The van der Waals surface area contributed by atoms with Crippen LogP contribution in [0.4, 0.5) is 11.5 Å². The normalized spacial score (nSPS) is 11.5. The Hall–Kier alpha value is -4.94. The number of Topliss-reactive ketones (excluding diaryl/α,β-unsaturated/α-hetero) is 1. The first kappa shape index (κ1) is 28.6. The zero-order chi connectivity index (χ0) is 30.0. The zero-order valence-corrected chi connectivity index (χ0v) is 24.5. The summed E-state index contributed by atoms with van der Waals surface area (Å²) in [5.74, 6) is -0.139. The van der Waals surface area contributed by atoms with Gasteiger partial charge in [0.15, 0.2) is 17.2 Å². The Morgan fingerprint density at radius 3 is 2.48 bits per heavy atom. The van der Waals surface area contributed by atoms with Crippen LogP contribution in [0.25, 0.3) is 22.5 Å². The van der Waals surface area contributed by atoms with Crippen molar-refractivity contribution in [2.24, 2.45) is 0 Å². The Balaban J connectivity index is 1.52. The lowest BCUT2D eigenvalue weighted by molar-refractivity contribution is -0.113. The number of nitrogens with zero attached hydrogens (tertiary/aromatic N) is 7. The molecule has 0 aliphatic carbocycles. The van der Waals surface area contributed by atoms with E-state index in [0.29, 0.717) is 40.3 Å². The van der Waals surface area contributed by atoms with Gasteiger partial charge >= 0.3 is 5.69 Å². The molecule has 0 spiro atoms. The summed E-state index contributed by atoms with van der Waals surface area (Å²) in [4.78, 5) is 55.9. The van der Waals surface area contributed by atoms with Crippen molar-refractivity contribution in [3.63, 3.8) is 0 Å². The SMILES string of the molecule is Cc1csc(CC(=O)c2ccc(-n3c(=O)n(-c4cccc(N(C)C(=O)/C=C/CN(C)C)c4)c4ncnc(N)c43)cc2)n1. The molecule has 5 rings (SSSR count). The van der Waals surface area contributed by atoms with Crippen LogP contribution in [0.15, 0.2) is 77.2 Å². The molecule has 0 atom stereocenters. The van der Waals surface area contributed by atoms with Crippen LogP contribution in [0.2, 0.25) is 0 Å². The summed E-state index contributed by atoms with van der Waals surface area (Å²) in [6.45, 7) is 2.53. The van der Waals surface area contributed by atoms with Crippen molar-refractivity contribution >= 4 is 45.7 Å². The van der Waals surface area contributed by atoms with Gasteiger partial charge in [-0.3, -0.25) is 14.2 Å². The van der Waals surface area contributed by atoms with Crippen LogP contribution >= 0.6 is 11.3 Å². The molecular formula is C30H30N8O3S. The number of aryl methyl sites for hydroxylation is 1. The maximum atomic E-state index is 14.0. The van der Waals surface area contributed by atoms with Gasteiger partial charge in [0, 0.05) is 42.0 Å². The van der Waals surface area contributed by atoms with E-state index in [9.17, 15) is 14.4 Å². The van der Waals surface area contributed by atoms with Gasteiger partial charge in [0.1, 0.15) is 16.9 Å². The van der Waals surface area contributed by atoms with Gasteiger partial charge in [-0.15, -0.1) is 11.3 Å². The molecule has 0 bridgehead atoms. The predicted octanol–water partition coefficient (Wildman–Crippen LogP) is 3.42. The highest BCUT2D eigenvalue weighted by Crippen LogP contribution is 2.25. The standard InChI is InChI=1S/C30H30N8O3S/c1-19-17-42-25(34-19)16-24(39)20-10-12-21(13-11-20)37-27-28(31)32-18-33-29(27)38(30(37)41)23-8-5-7-22(15-23)36(4)26(40)9-6-14-35(2)3/h5-13,15,17-18H,14,16H2,1-4H3,(H2,31,32,33)/b9-6+. The van der Waals surface area contributed by atoms with Crippen LogP contribution < -0.4 is 16.3 Å². The van der Waals surface area contributed by atoms with Crippen LogP contribution in [0.1, 0.15) is 21.1 Å². The number of anilines is 2. The number of nitrogen functional groups attached to an aromatic ring is 1. The van der Waals surface area contributed by atoms with Gasteiger partial charge in [-0.1, -0.05) is 12.1 Å². The number of imidazole rings is 1. The van der Waals surface area contributed by atoms with E-state index in [4.69, 9.17) is 5.73 Å². The molecule has 0 unspecified atom stereocenters. The Bertz CT molecular complexity index is 1870. The van der Waals surface area contributed by atoms with E-state index in [1.807, 2.05) is 31.3 Å². The van der Waals surface area contributed by atoms with Crippen molar-refractivity contribution in [1.29, 1.82) is 0 Å². The van der Waals surface area contributed by atoms with E-state index < -0.39 is 5.69 Å². The van der Waals surface area contributed by atoms with Crippen molar-refractivity contribution in [1.82, 2.24) is 29.0 Å². The molecule has 0 radical (unpaired) electrons. The maximum absolute atomic E-state index is 14.0. The van der Waals surface area contributed by atoms with Gasteiger partial charge in [-0.05, 0) is 63.5 Å². The molecule has 0 saturated carbocycles. The number of aromatic nitrogens is 5. The molecule has 12 heteroatoms. The van der Waals surface area contributed by atoms with Crippen molar-refractivity contribution in [3.05, 3.63) is 99.1 Å². The van der Waals surface area contributed by atoms with E-state index in [2.05, 4.69) is 15.0 Å². The molecule has 1 amide bonds. The van der Waals surface area contributed by atoms with Crippen molar-refractivity contribution in [2.75, 3.05) is 38.3 Å². The minimum Gasteiger partial charge on any atom is -0.382 e. The molecule has 2 aromatic carbocycles. The quantitative estimate of drug-likeness (QED) is 0.207. The topological polar surface area (TPSA) is 132 Å². The summed E-state index contributed by atoms with van der Waals surface area (Å²) in [5.41, 5.74) is 9.47. The second-order valence-electron chi connectivity index (χ2n) is 10.00.